The predicted molar refractivity (Wildman–Crippen MR) is 60.5 cm³/mol. The van der Waals surface area contributed by atoms with E-state index in [2.05, 4.69) is 15.2 Å². The summed E-state index contributed by atoms with van der Waals surface area (Å²) in [4.78, 5) is 17.6. The van der Waals surface area contributed by atoms with Crippen molar-refractivity contribution in [2.75, 3.05) is 7.05 Å². The van der Waals surface area contributed by atoms with Gasteiger partial charge in [0.05, 0.1) is 12.1 Å². The zero-order chi connectivity index (χ0) is 12.3. The molecule has 0 spiro atoms. The molecule has 0 aromatic carbocycles. The lowest BCUT2D eigenvalue weighted by molar-refractivity contribution is -0.135. The minimum atomic E-state index is -0.819. The van der Waals surface area contributed by atoms with Gasteiger partial charge < -0.3 is 10.6 Å². The maximum atomic E-state index is 11.9. The molecule has 0 radical (unpaired) electrons. The first-order valence-electron chi connectivity index (χ1n) is 5.29. The molecule has 1 unspecified atom stereocenters. The lowest BCUT2D eigenvalue weighted by Crippen LogP contribution is -2.51. The van der Waals surface area contributed by atoms with Crippen LogP contribution < -0.4 is 5.73 Å². The van der Waals surface area contributed by atoms with Crippen LogP contribution in [0.5, 0.6) is 0 Å². The summed E-state index contributed by atoms with van der Waals surface area (Å²) in [5.74, 6) is 1.24. The third-order valence-corrected chi connectivity index (χ3v) is 2.59. The number of aryl methyl sites for hydroxylation is 1. The number of aromatic amines is 1. The van der Waals surface area contributed by atoms with E-state index < -0.39 is 5.54 Å². The van der Waals surface area contributed by atoms with Crippen LogP contribution in [-0.2, 0) is 11.3 Å². The first-order chi connectivity index (χ1) is 7.36. The van der Waals surface area contributed by atoms with Crippen molar-refractivity contribution in [1.82, 2.24) is 20.1 Å². The molecule has 6 heteroatoms. The van der Waals surface area contributed by atoms with Gasteiger partial charge >= 0.3 is 0 Å². The number of carbonyl (C=O) groups excluding carboxylic acids is 1. The molecule has 90 valence electrons. The van der Waals surface area contributed by atoms with Crippen LogP contribution in [0.4, 0.5) is 0 Å². The van der Waals surface area contributed by atoms with E-state index in [0.717, 1.165) is 5.82 Å². The molecular formula is C10H19N5O. The molecule has 1 atom stereocenters. The van der Waals surface area contributed by atoms with E-state index in [4.69, 9.17) is 5.73 Å². The van der Waals surface area contributed by atoms with Crippen LogP contribution in [0.25, 0.3) is 0 Å². The van der Waals surface area contributed by atoms with Crippen molar-refractivity contribution in [3.05, 3.63) is 11.6 Å². The van der Waals surface area contributed by atoms with Crippen molar-refractivity contribution in [3.8, 4) is 0 Å². The SMILES string of the molecule is CCC(C)(N)C(=O)N(C)Cc1n[nH]c(C)n1. The van der Waals surface area contributed by atoms with Gasteiger partial charge in [-0.3, -0.25) is 9.89 Å². The van der Waals surface area contributed by atoms with E-state index in [-0.39, 0.29) is 5.91 Å². The number of nitrogens with two attached hydrogens (primary N) is 1. The Morgan fingerprint density at radius 3 is 2.69 bits per heavy atom. The van der Waals surface area contributed by atoms with Crippen LogP contribution in [0, 0.1) is 6.92 Å². The second-order valence-corrected chi connectivity index (χ2v) is 4.27. The third-order valence-electron chi connectivity index (χ3n) is 2.59. The number of nitrogens with one attached hydrogen (secondary N) is 1. The molecule has 0 aliphatic heterocycles. The van der Waals surface area contributed by atoms with Crippen LogP contribution in [0.15, 0.2) is 0 Å². The van der Waals surface area contributed by atoms with Crippen LogP contribution in [0.2, 0.25) is 0 Å². The fourth-order valence-corrected chi connectivity index (χ4v) is 1.33. The van der Waals surface area contributed by atoms with Gasteiger partial charge in [0.2, 0.25) is 5.91 Å². The highest BCUT2D eigenvalue weighted by Gasteiger charge is 2.29. The van der Waals surface area contributed by atoms with Gasteiger partial charge in [0.15, 0.2) is 5.82 Å². The molecular weight excluding hydrogens is 206 g/mol. The topological polar surface area (TPSA) is 87.9 Å². The second kappa shape index (κ2) is 4.61. The maximum absolute atomic E-state index is 11.9. The van der Waals surface area contributed by atoms with Gasteiger partial charge in [-0.05, 0) is 20.3 Å². The molecule has 0 fully saturated rings. The number of rotatable bonds is 4. The third kappa shape index (κ3) is 2.79. The summed E-state index contributed by atoms with van der Waals surface area (Å²) in [6, 6.07) is 0. The number of hydrogen-bond acceptors (Lipinski definition) is 4. The van der Waals surface area contributed by atoms with Crippen LogP contribution in [0.1, 0.15) is 31.9 Å². The standard InChI is InChI=1S/C10H19N5O/c1-5-10(3,11)9(16)15(4)6-8-12-7(2)13-14-8/h5-6,11H2,1-4H3,(H,12,13,14). The fourth-order valence-electron chi connectivity index (χ4n) is 1.33. The quantitative estimate of drug-likeness (QED) is 0.766. The van der Waals surface area contributed by atoms with Crippen molar-refractivity contribution in [2.24, 2.45) is 5.73 Å². The second-order valence-electron chi connectivity index (χ2n) is 4.27. The molecule has 6 nitrogen and oxygen atoms in total. The van der Waals surface area contributed by atoms with Gasteiger partial charge in [-0.1, -0.05) is 6.92 Å². The highest BCUT2D eigenvalue weighted by molar-refractivity contribution is 5.85. The average Bonchev–Trinajstić information content (AvgIpc) is 2.62. The van der Waals surface area contributed by atoms with E-state index in [1.807, 2.05) is 13.8 Å². The monoisotopic (exact) mass is 225 g/mol. The summed E-state index contributed by atoms with van der Waals surface area (Å²) in [6.07, 6.45) is 0.600. The highest BCUT2D eigenvalue weighted by atomic mass is 16.2. The molecule has 0 aliphatic carbocycles. The van der Waals surface area contributed by atoms with Crippen LogP contribution in [-0.4, -0.2) is 38.6 Å². The summed E-state index contributed by atoms with van der Waals surface area (Å²) < 4.78 is 0. The summed E-state index contributed by atoms with van der Waals surface area (Å²) in [7, 11) is 1.70. The Morgan fingerprint density at radius 1 is 1.62 bits per heavy atom. The number of amides is 1. The van der Waals surface area contributed by atoms with E-state index >= 15 is 0 Å². The molecule has 0 saturated carbocycles. The van der Waals surface area contributed by atoms with Gasteiger partial charge in [-0.2, -0.15) is 5.10 Å². The Morgan fingerprint density at radius 2 is 2.25 bits per heavy atom. The average molecular weight is 225 g/mol. The first kappa shape index (κ1) is 12.6. The van der Waals surface area contributed by atoms with Crippen molar-refractivity contribution in [2.45, 2.75) is 39.3 Å². The summed E-state index contributed by atoms with van der Waals surface area (Å²) in [5, 5.41) is 6.71. The molecule has 1 aromatic heterocycles. The Hall–Kier alpha value is -1.43. The van der Waals surface area contributed by atoms with Gasteiger partial charge in [-0.25, -0.2) is 4.98 Å². The Balaban J connectivity index is 2.65. The number of nitrogens with zero attached hydrogens (tertiary/aromatic N) is 3. The Bertz CT molecular complexity index is 371. The molecule has 1 aromatic rings. The van der Waals surface area contributed by atoms with Crippen molar-refractivity contribution >= 4 is 5.91 Å². The normalized spacial score (nSPS) is 14.6. The summed E-state index contributed by atoms with van der Waals surface area (Å²) >= 11 is 0. The van der Waals surface area contributed by atoms with E-state index in [1.54, 1.807) is 18.9 Å². The maximum Gasteiger partial charge on any atom is 0.242 e. The molecule has 0 saturated heterocycles. The smallest absolute Gasteiger partial charge is 0.242 e. The first-order valence-corrected chi connectivity index (χ1v) is 5.29. The molecule has 1 amide bonds. The van der Waals surface area contributed by atoms with Gasteiger partial charge in [0.25, 0.3) is 0 Å². The zero-order valence-electron chi connectivity index (χ0n) is 10.2. The number of likely N-dealkylation sites (N-methyl/N-ethyl adjacent to an activating group) is 1. The minimum absolute atomic E-state index is 0.0996. The predicted octanol–water partition coefficient (Wildman–Crippen LogP) is 0.199. The Labute approximate surface area is 95.2 Å². The molecule has 0 bridgehead atoms. The van der Waals surface area contributed by atoms with E-state index in [9.17, 15) is 4.79 Å². The lowest BCUT2D eigenvalue weighted by Gasteiger charge is -2.27. The number of hydrogen-bond donors (Lipinski definition) is 2. The largest absolute Gasteiger partial charge is 0.337 e. The van der Waals surface area contributed by atoms with Crippen molar-refractivity contribution in [3.63, 3.8) is 0 Å². The zero-order valence-corrected chi connectivity index (χ0v) is 10.2. The van der Waals surface area contributed by atoms with Gasteiger partial charge in [0.1, 0.15) is 5.82 Å². The van der Waals surface area contributed by atoms with E-state index in [1.165, 1.54) is 0 Å². The fraction of sp³-hybridized carbons (Fsp3) is 0.700. The van der Waals surface area contributed by atoms with Gasteiger partial charge in [0, 0.05) is 7.05 Å². The minimum Gasteiger partial charge on any atom is -0.337 e. The number of aromatic nitrogens is 3. The van der Waals surface area contributed by atoms with E-state index in [0.29, 0.717) is 18.8 Å². The van der Waals surface area contributed by atoms with Crippen LogP contribution >= 0.6 is 0 Å². The molecule has 1 rings (SSSR count). The van der Waals surface area contributed by atoms with Crippen molar-refractivity contribution in [1.29, 1.82) is 0 Å². The van der Waals surface area contributed by atoms with Gasteiger partial charge in [-0.15, -0.1) is 0 Å². The van der Waals surface area contributed by atoms with Crippen molar-refractivity contribution < 1.29 is 4.79 Å². The van der Waals surface area contributed by atoms with Crippen LogP contribution in [0.3, 0.4) is 0 Å². The highest BCUT2D eigenvalue weighted by Crippen LogP contribution is 2.10. The number of carbonyl (C=O) groups is 1. The lowest BCUT2D eigenvalue weighted by atomic mass is 9.99. The summed E-state index contributed by atoms with van der Waals surface area (Å²) in [5.41, 5.74) is 5.06. The number of H-pyrrole nitrogens is 1. The molecule has 0 aliphatic rings. The molecule has 16 heavy (non-hydrogen) atoms. The Kier molecular flexibility index (Phi) is 3.64. The molecule has 3 N–H and O–H groups in total. The molecule has 1 heterocycles. The summed E-state index contributed by atoms with van der Waals surface area (Å²) in [6.45, 7) is 5.81.